The summed E-state index contributed by atoms with van der Waals surface area (Å²) in [6, 6.07) is -1.18. The standard InChI is InChI=1S/C17H33NO4.Na/c1-2-3-4-5-6-7-8-9-10-11-12-13-16(20)18-15(14-19)17(21)22;/h15,19H,2-14H2,1H3,(H,18,20)(H,21,22);. The maximum atomic E-state index is 11.5. The van der Waals surface area contributed by atoms with Crippen molar-refractivity contribution in [2.75, 3.05) is 6.61 Å². The van der Waals surface area contributed by atoms with Crippen molar-refractivity contribution in [2.45, 2.75) is 90.0 Å². The number of hydrogen-bond donors (Lipinski definition) is 3. The van der Waals surface area contributed by atoms with Crippen molar-refractivity contribution >= 4 is 41.4 Å². The van der Waals surface area contributed by atoms with Crippen molar-refractivity contribution in [1.29, 1.82) is 0 Å². The Hall–Kier alpha value is -0.100. The maximum absolute atomic E-state index is 11.5. The molecule has 3 N–H and O–H groups in total. The minimum Gasteiger partial charge on any atom is -0.480 e. The number of rotatable bonds is 15. The number of carboxylic acid groups (broad SMARTS) is 1. The fourth-order valence-corrected chi connectivity index (χ4v) is 2.40. The summed E-state index contributed by atoms with van der Waals surface area (Å²) in [5, 5.41) is 19.8. The van der Waals surface area contributed by atoms with E-state index in [9.17, 15) is 9.59 Å². The van der Waals surface area contributed by atoms with Crippen LogP contribution in [0.2, 0.25) is 0 Å². The number of aliphatic hydroxyl groups excluding tert-OH is 1. The minimum atomic E-state index is -1.20. The first kappa shape index (κ1) is 25.1. The zero-order valence-corrected chi connectivity index (χ0v) is 17.0. The van der Waals surface area contributed by atoms with E-state index in [0.717, 1.165) is 19.3 Å². The van der Waals surface area contributed by atoms with Crippen molar-refractivity contribution < 1.29 is 19.8 Å². The SMILES string of the molecule is CCCCCCCCCCCCCC(=O)NC(CO)C(=O)O.[Na]. The van der Waals surface area contributed by atoms with E-state index in [1.165, 1.54) is 51.4 Å². The second-order valence-corrected chi connectivity index (χ2v) is 5.93. The molecule has 1 unspecified atom stereocenters. The summed E-state index contributed by atoms with van der Waals surface area (Å²) in [5.41, 5.74) is 0. The number of carbonyl (C=O) groups is 2. The molecule has 0 aliphatic carbocycles. The molecule has 5 nitrogen and oxygen atoms in total. The molecule has 1 amide bonds. The van der Waals surface area contributed by atoms with Crippen LogP contribution in [0.4, 0.5) is 0 Å². The predicted octanol–water partition coefficient (Wildman–Crippen LogP) is 2.87. The van der Waals surface area contributed by atoms with E-state index in [-0.39, 0.29) is 35.5 Å². The number of hydrogen-bond acceptors (Lipinski definition) is 3. The third-order valence-corrected chi connectivity index (χ3v) is 3.82. The summed E-state index contributed by atoms with van der Waals surface area (Å²) in [7, 11) is 0. The fraction of sp³-hybridized carbons (Fsp3) is 0.882. The van der Waals surface area contributed by atoms with Crippen LogP contribution < -0.4 is 5.32 Å². The van der Waals surface area contributed by atoms with Gasteiger partial charge in [0.05, 0.1) is 6.61 Å². The third-order valence-electron chi connectivity index (χ3n) is 3.82. The van der Waals surface area contributed by atoms with Crippen LogP contribution in [0.5, 0.6) is 0 Å². The van der Waals surface area contributed by atoms with Gasteiger partial charge in [-0.3, -0.25) is 4.79 Å². The van der Waals surface area contributed by atoms with E-state index in [2.05, 4.69) is 12.2 Å². The van der Waals surface area contributed by atoms with Crippen LogP contribution in [-0.4, -0.2) is 64.3 Å². The summed E-state index contributed by atoms with van der Waals surface area (Å²) in [5.74, 6) is -1.49. The number of aliphatic carboxylic acids is 1. The van der Waals surface area contributed by atoms with Gasteiger partial charge in [-0.15, -0.1) is 0 Å². The number of carbonyl (C=O) groups excluding carboxylic acids is 1. The quantitative estimate of drug-likeness (QED) is 0.316. The van der Waals surface area contributed by atoms with E-state index in [4.69, 9.17) is 10.2 Å². The summed E-state index contributed by atoms with van der Waals surface area (Å²) in [6.07, 6.45) is 13.7. The van der Waals surface area contributed by atoms with Gasteiger partial charge >= 0.3 is 5.97 Å². The zero-order valence-electron chi connectivity index (χ0n) is 15.0. The number of nitrogens with one attached hydrogen (secondary N) is 1. The topological polar surface area (TPSA) is 86.6 Å². The smallest absolute Gasteiger partial charge is 0.328 e. The molecular formula is C17H33NNaO4. The number of carboxylic acids is 1. The molecule has 0 spiro atoms. The van der Waals surface area contributed by atoms with Crippen molar-refractivity contribution in [2.24, 2.45) is 0 Å². The Balaban J connectivity index is 0. The van der Waals surface area contributed by atoms with Crippen LogP contribution in [0.3, 0.4) is 0 Å². The second kappa shape index (κ2) is 18.2. The van der Waals surface area contributed by atoms with Crippen molar-refractivity contribution in [3.63, 3.8) is 0 Å². The first-order valence-electron chi connectivity index (χ1n) is 8.74. The van der Waals surface area contributed by atoms with Crippen molar-refractivity contribution in [1.82, 2.24) is 5.32 Å². The maximum Gasteiger partial charge on any atom is 0.328 e. The average Bonchev–Trinajstić information content (AvgIpc) is 2.50. The molecule has 131 valence electrons. The van der Waals surface area contributed by atoms with E-state index >= 15 is 0 Å². The monoisotopic (exact) mass is 338 g/mol. The molecule has 1 radical (unpaired) electrons. The average molecular weight is 338 g/mol. The Kier molecular flexibility index (Phi) is 19.9. The normalized spacial score (nSPS) is 11.6. The number of amides is 1. The Labute approximate surface area is 162 Å². The molecule has 0 bridgehead atoms. The van der Waals surface area contributed by atoms with Gasteiger partial charge in [0.15, 0.2) is 0 Å². The fourth-order valence-electron chi connectivity index (χ4n) is 2.40. The van der Waals surface area contributed by atoms with Gasteiger partial charge in [-0.05, 0) is 6.42 Å². The summed E-state index contributed by atoms with van der Waals surface area (Å²) in [6.45, 7) is 1.66. The molecular weight excluding hydrogens is 305 g/mol. The van der Waals surface area contributed by atoms with Crippen LogP contribution in [-0.2, 0) is 9.59 Å². The largest absolute Gasteiger partial charge is 0.480 e. The predicted molar refractivity (Wildman–Crippen MR) is 93.5 cm³/mol. The van der Waals surface area contributed by atoms with Gasteiger partial charge in [0.1, 0.15) is 6.04 Å². The van der Waals surface area contributed by atoms with E-state index in [1.807, 2.05) is 0 Å². The van der Waals surface area contributed by atoms with Gasteiger partial charge in [0.2, 0.25) is 5.91 Å². The molecule has 0 aromatic heterocycles. The third kappa shape index (κ3) is 16.5. The molecule has 0 saturated heterocycles. The first-order chi connectivity index (χ1) is 10.6. The van der Waals surface area contributed by atoms with Crippen molar-refractivity contribution in [3.8, 4) is 0 Å². The molecule has 0 fully saturated rings. The van der Waals surface area contributed by atoms with Crippen LogP contribution in [0, 0.1) is 0 Å². The van der Waals surface area contributed by atoms with Gasteiger partial charge < -0.3 is 15.5 Å². The van der Waals surface area contributed by atoms with Crippen LogP contribution in [0.1, 0.15) is 84.0 Å². The van der Waals surface area contributed by atoms with Crippen LogP contribution in [0.15, 0.2) is 0 Å². The van der Waals surface area contributed by atoms with Crippen molar-refractivity contribution in [3.05, 3.63) is 0 Å². The number of aliphatic hydroxyl groups is 1. The van der Waals surface area contributed by atoms with Gasteiger partial charge in [-0.25, -0.2) is 4.79 Å². The second-order valence-electron chi connectivity index (χ2n) is 5.93. The van der Waals surface area contributed by atoms with Gasteiger partial charge in [-0.1, -0.05) is 71.1 Å². The molecule has 0 aromatic carbocycles. The van der Waals surface area contributed by atoms with E-state index < -0.39 is 18.6 Å². The minimum absolute atomic E-state index is 0. The molecule has 0 rings (SSSR count). The molecule has 0 aliphatic heterocycles. The van der Waals surface area contributed by atoms with Gasteiger partial charge in [0, 0.05) is 36.0 Å². The first-order valence-corrected chi connectivity index (χ1v) is 8.74. The Morgan fingerprint density at radius 2 is 1.30 bits per heavy atom. The van der Waals surface area contributed by atoms with Gasteiger partial charge in [0.25, 0.3) is 0 Å². The number of unbranched alkanes of at least 4 members (excludes halogenated alkanes) is 10. The molecule has 0 aromatic rings. The molecule has 6 heteroatoms. The van der Waals surface area contributed by atoms with E-state index in [0.29, 0.717) is 6.42 Å². The molecule has 0 aliphatic rings. The van der Waals surface area contributed by atoms with Crippen LogP contribution in [0.25, 0.3) is 0 Å². The summed E-state index contributed by atoms with van der Waals surface area (Å²) >= 11 is 0. The zero-order chi connectivity index (χ0) is 16.6. The molecule has 0 heterocycles. The van der Waals surface area contributed by atoms with Gasteiger partial charge in [-0.2, -0.15) is 0 Å². The Morgan fingerprint density at radius 1 is 0.870 bits per heavy atom. The Morgan fingerprint density at radius 3 is 1.70 bits per heavy atom. The summed E-state index contributed by atoms with van der Waals surface area (Å²) < 4.78 is 0. The summed E-state index contributed by atoms with van der Waals surface area (Å²) in [4.78, 5) is 22.1. The Bertz CT molecular complexity index is 300. The molecule has 1 atom stereocenters. The van der Waals surface area contributed by atoms with Crippen LogP contribution >= 0.6 is 0 Å². The molecule has 23 heavy (non-hydrogen) atoms. The molecule has 0 saturated carbocycles. The van der Waals surface area contributed by atoms with E-state index in [1.54, 1.807) is 0 Å².